The first-order chi connectivity index (χ1) is 16.2. The minimum absolute atomic E-state index is 0.0474. The third-order valence-electron chi connectivity index (χ3n) is 7.36. The van der Waals surface area contributed by atoms with Crippen molar-refractivity contribution in [3.8, 4) is 11.1 Å². The van der Waals surface area contributed by atoms with Gasteiger partial charge in [0.2, 0.25) is 11.8 Å². The van der Waals surface area contributed by atoms with E-state index in [-0.39, 0.29) is 23.9 Å². The predicted octanol–water partition coefficient (Wildman–Crippen LogP) is 3.70. The van der Waals surface area contributed by atoms with Crippen LogP contribution in [0.5, 0.6) is 0 Å². The van der Waals surface area contributed by atoms with E-state index in [0.717, 1.165) is 31.7 Å². The summed E-state index contributed by atoms with van der Waals surface area (Å²) in [5.41, 5.74) is 6.38. The number of carbonyl (C=O) groups is 2. The van der Waals surface area contributed by atoms with Gasteiger partial charge in [-0.15, -0.1) is 0 Å². The van der Waals surface area contributed by atoms with Gasteiger partial charge in [0.15, 0.2) is 0 Å². The molecule has 166 valence electrons. The number of piperazine rings is 1. The van der Waals surface area contributed by atoms with Crippen LogP contribution in [0, 0.1) is 0 Å². The van der Waals surface area contributed by atoms with Gasteiger partial charge in [-0.2, -0.15) is 0 Å². The molecule has 1 aliphatic carbocycles. The fourth-order valence-electron chi connectivity index (χ4n) is 5.71. The molecule has 3 aromatic rings. The monoisotopic (exact) mass is 437 g/mol. The van der Waals surface area contributed by atoms with Crippen molar-refractivity contribution in [3.63, 3.8) is 0 Å². The Balaban J connectivity index is 1.16. The smallest absolute Gasteiger partial charge is 0.247 e. The van der Waals surface area contributed by atoms with Crippen LogP contribution in [0.15, 0.2) is 78.9 Å². The Morgan fingerprint density at radius 2 is 1.21 bits per heavy atom. The zero-order chi connectivity index (χ0) is 22.4. The molecule has 0 bridgehead atoms. The van der Waals surface area contributed by atoms with Crippen LogP contribution < -0.4 is 0 Å². The number of likely N-dealkylation sites (tertiary alicyclic amines) is 1. The van der Waals surface area contributed by atoms with Crippen LogP contribution in [-0.2, 0) is 16.1 Å². The van der Waals surface area contributed by atoms with Crippen molar-refractivity contribution in [2.45, 2.75) is 25.0 Å². The molecular formula is C28H27N3O2. The number of benzene rings is 3. The van der Waals surface area contributed by atoms with Crippen molar-refractivity contribution < 1.29 is 9.59 Å². The van der Waals surface area contributed by atoms with Gasteiger partial charge >= 0.3 is 0 Å². The van der Waals surface area contributed by atoms with Crippen LogP contribution in [0.4, 0.5) is 0 Å². The molecule has 1 unspecified atom stereocenters. The van der Waals surface area contributed by atoms with Crippen LogP contribution in [-0.4, -0.2) is 58.7 Å². The Kier molecular flexibility index (Phi) is 5.08. The van der Waals surface area contributed by atoms with Gasteiger partial charge in [-0.3, -0.25) is 24.3 Å². The maximum atomic E-state index is 13.1. The second-order valence-corrected chi connectivity index (χ2v) is 9.17. The van der Waals surface area contributed by atoms with E-state index in [4.69, 9.17) is 0 Å². The highest BCUT2D eigenvalue weighted by atomic mass is 16.2. The number of hydrogen-bond donors (Lipinski definition) is 0. The highest BCUT2D eigenvalue weighted by molar-refractivity contribution is 6.05. The fourth-order valence-corrected chi connectivity index (χ4v) is 5.71. The number of hydrogen-bond acceptors (Lipinski definition) is 4. The second kappa shape index (κ2) is 8.25. The predicted molar refractivity (Wildman–Crippen MR) is 127 cm³/mol. The van der Waals surface area contributed by atoms with E-state index in [1.54, 1.807) is 0 Å². The molecule has 2 saturated heterocycles. The second-order valence-electron chi connectivity index (χ2n) is 9.17. The summed E-state index contributed by atoms with van der Waals surface area (Å²) < 4.78 is 0. The van der Waals surface area contributed by atoms with E-state index in [1.165, 1.54) is 27.2 Å². The van der Waals surface area contributed by atoms with Crippen molar-refractivity contribution in [1.29, 1.82) is 0 Å². The lowest BCUT2D eigenvalue weighted by Gasteiger charge is -2.40. The third-order valence-corrected chi connectivity index (χ3v) is 7.36. The average Bonchev–Trinajstić information content (AvgIpc) is 3.34. The molecule has 33 heavy (non-hydrogen) atoms. The first-order valence-electron chi connectivity index (χ1n) is 11.7. The van der Waals surface area contributed by atoms with E-state index in [2.05, 4.69) is 58.3 Å². The molecule has 2 aliphatic heterocycles. The van der Waals surface area contributed by atoms with Crippen molar-refractivity contribution in [1.82, 2.24) is 14.7 Å². The van der Waals surface area contributed by atoms with Crippen LogP contribution in [0.25, 0.3) is 11.1 Å². The number of nitrogens with zero attached hydrogens (tertiary/aromatic N) is 3. The van der Waals surface area contributed by atoms with E-state index in [0.29, 0.717) is 13.0 Å². The zero-order valence-corrected chi connectivity index (χ0v) is 18.6. The summed E-state index contributed by atoms with van der Waals surface area (Å²) in [7, 11) is 0. The van der Waals surface area contributed by atoms with E-state index in [1.807, 2.05) is 30.3 Å². The largest absolute Gasteiger partial charge is 0.290 e. The van der Waals surface area contributed by atoms with Gasteiger partial charge in [-0.1, -0.05) is 78.9 Å². The maximum absolute atomic E-state index is 13.1. The van der Waals surface area contributed by atoms with E-state index >= 15 is 0 Å². The summed E-state index contributed by atoms with van der Waals surface area (Å²) in [5.74, 6) is -0.108. The molecule has 6 rings (SSSR count). The number of imide groups is 1. The molecule has 5 nitrogen and oxygen atoms in total. The minimum Gasteiger partial charge on any atom is -0.290 e. The van der Waals surface area contributed by atoms with Crippen LogP contribution in [0.2, 0.25) is 0 Å². The molecule has 2 fully saturated rings. The number of fused-ring (bicyclic) bond motifs is 3. The van der Waals surface area contributed by atoms with Crippen molar-refractivity contribution >= 4 is 11.8 Å². The molecule has 5 heteroatoms. The molecule has 0 aromatic heterocycles. The van der Waals surface area contributed by atoms with Crippen molar-refractivity contribution in [2.75, 3.05) is 26.2 Å². The van der Waals surface area contributed by atoms with Gasteiger partial charge in [0.25, 0.3) is 0 Å². The lowest BCUT2D eigenvalue weighted by molar-refractivity contribution is -0.140. The Bertz CT molecular complexity index is 1160. The highest BCUT2D eigenvalue weighted by Crippen LogP contribution is 2.46. The molecule has 1 atom stereocenters. The Morgan fingerprint density at radius 1 is 0.667 bits per heavy atom. The lowest BCUT2D eigenvalue weighted by atomic mass is 10.0. The summed E-state index contributed by atoms with van der Waals surface area (Å²) >= 11 is 0. The number of carbonyl (C=O) groups excluding carboxylic acids is 2. The molecule has 3 aliphatic rings. The zero-order valence-electron chi connectivity index (χ0n) is 18.6. The average molecular weight is 438 g/mol. The Hall–Kier alpha value is -3.28. The summed E-state index contributed by atoms with van der Waals surface area (Å²) in [6, 6.07) is 27.1. The Morgan fingerprint density at radius 3 is 1.85 bits per heavy atom. The molecular weight excluding hydrogens is 410 g/mol. The molecule has 3 aromatic carbocycles. The lowest BCUT2D eigenvalue weighted by Crippen LogP contribution is -2.53. The highest BCUT2D eigenvalue weighted by Gasteiger charge is 2.43. The fraction of sp³-hybridized carbons (Fsp3) is 0.286. The quantitative estimate of drug-likeness (QED) is 0.584. The summed E-state index contributed by atoms with van der Waals surface area (Å²) in [6.07, 6.45) is 0.292. The van der Waals surface area contributed by atoms with Gasteiger partial charge in [0, 0.05) is 26.2 Å². The van der Waals surface area contributed by atoms with Gasteiger partial charge in [-0.05, 0) is 27.8 Å². The van der Waals surface area contributed by atoms with Crippen LogP contribution in [0.3, 0.4) is 0 Å². The molecule has 2 heterocycles. The van der Waals surface area contributed by atoms with E-state index < -0.39 is 0 Å². The van der Waals surface area contributed by atoms with Crippen molar-refractivity contribution in [2.24, 2.45) is 0 Å². The molecule has 0 N–H and O–H groups in total. The number of amides is 2. The summed E-state index contributed by atoms with van der Waals surface area (Å²) in [5, 5.41) is 0. The minimum atomic E-state index is -0.327. The van der Waals surface area contributed by atoms with Gasteiger partial charge in [-0.25, -0.2) is 0 Å². The van der Waals surface area contributed by atoms with Crippen LogP contribution >= 0.6 is 0 Å². The standard InChI is InChI=1S/C28H27N3O2/c32-26-18-25(28(33)31(26)19-20-8-2-1-3-9-20)29-14-16-30(17-15-29)27-23-12-6-4-10-21(23)22-11-5-7-13-24(22)27/h1-13,25,27H,14-19H2. The molecule has 0 spiro atoms. The number of rotatable bonds is 4. The van der Waals surface area contributed by atoms with E-state index in [9.17, 15) is 9.59 Å². The third kappa shape index (κ3) is 3.48. The summed E-state index contributed by atoms with van der Waals surface area (Å²) in [6.45, 7) is 3.71. The van der Waals surface area contributed by atoms with Crippen LogP contribution in [0.1, 0.15) is 29.2 Å². The maximum Gasteiger partial charge on any atom is 0.247 e. The molecule has 2 amide bonds. The Labute approximate surface area is 194 Å². The molecule has 0 saturated carbocycles. The van der Waals surface area contributed by atoms with Gasteiger partial charge in [0.1, 0.15) is 0 Å². The SMILES string of the molecule is O=C1CC(N2CCN(C3c4ccccc4-c4ccccc43)CC2)C(=O)N1Cc1ccccc1. The van der Waals surface area contributed by atoms with Gasteiger partial charge < -0.3 is 0 Å². The molecule has 0 radical (unpaired) electrons. The van der Waals surface area contributed by atoms with Gasteiger partial charge in [0.05, 0.1) is 25.0 Å². The topological polar surface area (TPSA) is 43.9 Å². The summed E-state index contributed by atoms with van der Waals surface area (Å²) in [4.78, 5) is 32.0. The first-order valence-corrected chi connectivity index (χ1v) is 11.7. The first kappa shape index (κ1) is 20.3. The van der Waals surface area contributed by atoms with Crippen molar-refractivity contribution in [3.05, 3.63) is 95.6 Å². The normalized spacial score (nSPS) is 21.5.